The fraction of sp³-hybridized carbons (Fsp3) is 0.680. The van der Waals surface area contributed by atoms with E-state index in [4.69, 9.17) is 27.9 Å². The van der Waals surface area contributed by atoms with Gasteiger partial charge >= 0.3 is 6.03 Å². The van der Waals surface area contributed by atoms with Gasteiger partial charge in [0.1, 0.15) is 6.04 Å². The number of anilines is 1. The van der Waals surface area contributed by atoms with Gasteiger partial charge in [0.05, 0.1) is 35.3 Å². The number of urea groups is 1. The molecule has 35 heavy (non-hydrogen) atoms. The number of piperidine rings is 1. The van der Waals surface area contributed by atoms with E-state index in [0.29, 0.717) is 22.3 Å². The Bertz CT molecular complexity index is 1010. The number of nitrogens with one attached hydrogen (secondary N) is 1. The number of hydrogen-bond acceptors (Lipinski definition) is 5. The van der Waals surface area contributed by atoms with E-state index in [1.54, 1.807) is 25.1 Å². The summed E-state index contributed by atoms with van der Waals surface area (Å²) < 4.78 is 6.13. The summed E-state index contributed by atoms with van der Waals surface area (Å²) >= 11 is 12.0. The fourth-order valence-corrected chi connectivity index (χ4v) is 6.23. The molecule has 0 bridgehead atoms. The Kier molecular flexibility index (Phi) is 6.72. The highest BCUT2D eigenvalue weighted by atomic mass is 35.5. The number of carbonyl (C=O) groups is 2. The number of β-amino-alcohol motifs (C(OH)–C–C–N with tert-alkyl or cyclic N) is 1. The molecule has 1 saturated carbocycles. The Morgan fingerprint density at radius 1 is 1.26 bits per heavy atom. The molecule has 4 atom stereocenters. The van der Waals surface area contributed by atoms with Gasteiger partial charge in [0, 0.05) is 12.2 Å². The lowest BCUT2D eigenvalue weighted by Gasteiger charge is -2.47. The maximum Gasteiger partial charge on any atom is 0.322 e. The Balaban J connectivity index is 1.17. The molecule has 192 valence electrons. The Labute approximate surface area is 216 Å². The van der Waals surface area contributed by atoms with Gasteiger partial charge < -0.3 is 29.9 Å². The molecule has 0 radical (unpaired) electrons. The van der Waals surface area contributed by atoms with Crippen LogP contribution in [0.15, 0.2) is 18.2 Å². The predicted octanol–water partition coefficient (Wildman–Crippen LogP) is 3.80. The van der Waals surface area contributed by atoms with E-state index < -0.39 is 11.8 Å². The maximum atomic E-state index is 13.4. The largest absolute Gasteiger partial charge is 0.391 e. The maximum absolute atomic E-state index is 13.4. The number of benzene rings is 1. The van der Waals surface area contributed by atoms with Crippen molar-refractivity contribution in [1.82, 2.24) is 14.7 Å². The van der Waals surface area contributed by atoms with Gasteiger partial charge in [-0.15, -0.1) is 0 Å². The number of fused-ring (bicyclic) bond motifs is 1. The summed E-state index contributed by atoms with van der Waals surface area (Å²) in [5.74, 6) is -0.102. The standard InChI is InChI=1S/C25H34Cl2N4O4/c1-16-22(33)31-18(4-3-10-29-11-9-25(7-8-25)21(32)13-29)14-35-24(31,2)15-30(16)23(34)28-17-5-6-19(26)20(27)12-17/h5-6,12,16,18,21,32H,3-4,7-11,13-15H2,1-2H3,(H,28,34)/t16-,18-,21+,24+/m0/s1. The van der Waals surface area contributed by atoms with Crippen molar-refractivity contribution in [2.45, 2.75) is 69.9 Å². The van der Waals surface area contributed by atoms with Crippen LogP contribution in [-0.2, 0) is 9.53 Å². The van der Waals surface area contributed by atoms with E-state index in [9.17, 15) is 14.7 Å². The van der Waals surface area contributed by atoms with E-state index >= 15 is 0 Å². The van der Waals surface area contributed by atoms with Gasteiger partial charge in [0.15, 0.2) is 5.72 Å². The van der Waals surface area contributed by atoms with Gasteiger partial charge in [-0.3, -0.25) is 4.79 Å². The molecule has 2 N–H and O–H groups in total. The number of aliphatic hydroxyl groups is 1. The van der Waals surface area contributed by atoms with Crippen LogP contribution >= 0.6 is 23.2 Å². The fourth-order valence-electron chi connectivity index (χ4n) is 5.93. The topological polar surface area (TPSA) is 85.4 Å². The van der Waals surface area contributed by atoms with Gasteiger partial charge in [-0.1, -0.05) is 23.2 Å². The molecular weight excluding hydrogens is 491 g/mol. The van der Waals surface area contributed by atoms with E-state index in [0.717, 1.165) is 51.7 Å². The average Bonchev–Trinajstić information content (AvgIpc) is 3.52. The minimum Gasteiger partial charge on any atom is -0.391 e. The zero-order valence-corrected chi connectivity index (χ0v) is 21.8. The van der Waals surface area contributed by atoms with Crippen LogP contribution in [0.3, 0.4) is 0 Å². The van der Waals surface area contributed by atoms with Gasteiger partial charge in [0.25, 0.3) is 0 Å². The Morgan fingerprint density at radius 3 is 2.71 bits per heavy atom. The van der Waals surface area contributed by atoms with Crippen molar-refractivity contribution in [3.63, 3.8) is 0 Å². The molecule has 4 fully saturated rings. The van der Waals surface area contributed by atoms with E-state index in [2.05, 4.69) is 10.2 Å². The molecule has 1 aromatic carbocycles. The number of aliphatic hydroxyl groups excluding tert-OH is 1. The minimum absolute atomic E-state index is 0.0141. The van der Waals surface area contributed by atoms with Gasteiger partial charge in [-0.05, 0) is 82.7 Å². The molecule has 8 nitrogen and oxygen atoms in total. The number of hydrogen-bond donors (Lipinski definition) is 2. The Morgan fingerprint density at radius 2 is 2.03 bits per heavy atom. The van der Waals surface area contributed by atoms with Crippen LogP contribution in [0.25, 0.3) is 0 Å². The number of halogens is 2. The van der Waals surface area contributed by atoms with Crippen LogP contribution in [0, 0.1) is 5.41 Å². The quantitative estimate of drug-likeness (QED) is 0.611. The average molecular weight is 525 g/mol. The molecule has 10 heteroatoms. The molecule has 3 heterocycles. The highest BCUT2D eigenvalue weighted by Gasteiger charge is 2.55. The smallest absolute Gasteiger partial charge is 0.322 e. The SMILES string of the molecule is C[C@H]1C(=O)N2[C@@H](CCCN3CCC4(CC4)[C@H](O)C3)CO[C@]2(C)CN1C(=O)Nc1ccc(Cl)c(Cl)c1. The van der Waals surface area contributed by atoms with Crippen molar-refractivity contribution in [3.8, 4) is 0 Å². The van der Waals surface area contributed by atoms with Crippen molar-refractivity contribution in [1.29, 1.82) is 0 Å². The summed E-state index contributed by atoms with van der Waals surface area (Å²) in [6, 6.07) is 3.87. The molecule has 3 amide bonds. The highest BCUT2D eigenvalue weighted by molar-refractivity contribution is 6.42. The lowest BCUT2D eigenvalue weighted by Crippen LogP contribution is -2.67. The minimum atomic E-state index is -0.858. The molecule has 4 aliphatic rings. The van der Waals surface area contributed by atoms with Crippen LogP contribution in [-0.4, -0.2) is 88.4 Å². The van der Waals surface area contributed by atoms with E-state index in [1.165, 1.54) is 4.90 Å². The van der Waals surface area contributed by atoms with E-state index in [-0.39, 0.29) is 36.0 Å². The van der Waals surface area contributed by atoms with Crippen LogP contribution in [0.1, 0.15) is 46.0 Å². The second-order valence-electron chi connectivity index (χ2n) is 10.8. The predicted molar refractivity (Wildman–Crippen MR) is 135 cm³/mol. The van der Waals surface area contributed by atoms with Crippen LogP contribution in [0.4, 0.5) is 10.5 Å². The third-order valence-electron chi connectivity index (χ3n) is 8.39. The summed E-state index contributed by atoms with van der Waals surface area (Å²) in [6.07, 6.45) is 4.97. The number of likely N-dealkylation sites (tertiary alicyclic amines) is 1. The summed E-state index contributed by atoms with van der Waals surface area (Å²) in [7, 11) is 0. The van der Waals surface area contributed by atoms with Gasteiger partial charge in [-0.25, -0.2) is 4.79 Å². The third-order valence-corrected chi connectivity index (χ3v) is 9.13. The molecule has 5 rings (SSSR count). The molecule has 1 aromatic rings. The zero-order valence-electron chi connectivity index (χ0n) is 20.3. The summed E-state index contributed by atoms with van der Waals surface area (Å²) in [6.45, 7) is 7.09. The van der Waals surface area contributed by atoms with Crippen LogP contribution in [0.2, 0.25) is 10.0 Å². The first-order valence-electron chi connectivity index (χ1n) is 12.5. The highest BCUT2D eigenvalue weighted by Crippen LogP contribution is 2.53. The lowest BCUT2D eigenvalue weighted by atomic mass is 9.90. The third kappa shape index (κ3) is 4.76. The normalized spacial score (nSPS) is 32.1. The molecule has 0 aromatic heterocycles. The van der Waals surface area contributed by atoms with Gasteiger partial charge in [-0.2, -0.15) is 0 Å². The second-order valence-corrected chi connectivity index (χ2v) is 11.6. The number of amides is 3. The van der Waals surface area contributed by atoms with Crippen molar-refractivity contribution in [3.05, 3.63) is 28.2 Å². The molecule has 1 aliphatic carbocycles. The summed E-state index contributed by atoms with van der Waals surface area (Å²) in [4.78, 5) is 32.2. The summed E-state index contributed by atoms with van der Waals surface area (Å²) in [5, 5.41) is 14.0. The van der Waals surface area contributed by atoms with Crippen molar-refractivity contribution in [2.75, 3.05) is 38.1 Å². The first-order chi connectivity index (χ1) is 16.6. The number of ether oxygens (including phenoxy) is 1. The molecule has 3 aliphatic heterocycles. The molecule has 0 unspecified atom stereocenters. The lowest BCUT2D eigenvalue weighted by molar-refractivity contribution is -0.167. The zero-order chi connectivity index (χ0) is 25.0. The summed E-state index contributed by atoms with van der Waals surface area (Å²) in [5.41, 5.74) is -0.133. The van der Waals surface area contributed by atoms with Crippen molar-refractivity contribution < 1.29 is 19.4 Å². The number of piperazine rings is 1. The molecule has 1 spiro atoms. The first kappa shape index (κ1) is 25.1. The Hall–Kier alpha value is -1.58. The van der Waals surface area contributed by atoms with Crippen molar-refractivity contribution >= 4 is 40.8 Å². The van der Waals surface area contributed by atoms with Crippen LogP contribution < -0.4 is 5.32 Å². The molecule has 3 saturated heterocycles. The van der Waals surface area contributed by atoms with Crippen LogP contribution in [0.5, 0.6) is 0 Å². The van der Waals surface area contributed by atoms with Gasteiger partial charge in [0.2, 0.25) is 5.91 Å². The second kappa shape index (κ2) is 9.38. The first-order valence-corrected chi connectivity index (χ1v) is 13.3. The molecular formula is C25H34Cl2N4O4. The van der Waals surface area contributed by atoms with E-state index in [1.807, 2.05) is 11.8 Å². The number of carbonyl (C=O) groups excluding carboxylic acids is 2. The monoisotopic (exact) mass is 524 g/mol. The number of rotatable bonds is 5. The number of nitrogens with zero attached hydrogens (tertiary/aromatic N) is 3. The van der Waals surface area contributed by atoms with Crippen molar-refractivity contribution in [2.24, 2.45) is 5.41 Å².